The maximum absolute atomic E-state index is 14.4. The highest BCUT2D eigenvalue weighted by atomic mass is 16.2. The van der Waals surface area contributed by atoms with Gasteiger partial charge in [-0.15, -0.1) is 6.58 Å². The average molecular weight is 693 g/mol. The van der Waals surface area contributed by atoms with Gasteiger partial charge in [0.15, 0.2) is 0 Å². The van der Waals surface area contributed by atoms with Gasteiger partial charge in [-0.1, -0.05) is 93.0 Å². The van der Waals surface area contributed by atoms with Crippen LogP contribution < -0.4 is 21.3 Å². The molecule has 0 radical (unpaired) electrons. The van der Waals surface area contributed by atoms with Gasteiger partial charge in [0.25, 0.3) is 11.8 Å². The van der Waals surface area contributed by atoms with E-state index in [0.29, 0.717) is 25.1 Å². The third-order valence-corrected chi connectivity index (χ3v) is 10.6. The maximum atomic E-state index is 14.4. The monoisotopic (exact) mass is 692 g/mol. The Morgan fingerprint density at radius 2 is 1.66 bits per heavy atom. The summed E-state index contributed by atoms with van der Waals surface area (Å²) in [5.41, 5.74) is 0.257. The number of amides is 6. The van der Waals surface area contributed by atoms with E-state index in [0.717, 1.165) is 5.56 Å². The molecule has 12 nitrogen and oxygen atoms in total. The van der Waals surface area contributed by atoms with Gasteiger partial charge in [-0.3, -0.25) is 24.0 Å². The van der Waals surface area contributed by atoms with Crippen molar-refractivity contribution in [1.82, 2.24) is 31.1 Å². The normalized spacial score (nSPS) is 22.4. The van der Waals surface area contributed by atoms with Crippen molar-refractivity contribution in [1.29, 1.82) is 0 Å². The molecule has 0 aromatic heterocycles. The number of piperidine rings is 1. The molecule has 1 saturated heterocycles. The Morgan fingerprint density at radius 1 is 1.00 bits per heavy atom. The number of hydrogen-bond donors (Lipinski definition) is 4. The van der Waals surface area contributed by atoms with E-state index in [-0.39, 0.29) is 42.7 Å². The molecule has 1 saturated carbocycles. The highest BCUT2D eigenvalue weighted by molar-refractivity contribution is 6.38. The fraction of sp³-hybridized carbons (Fsp3) is 0.632. The second kappa shape index (κ2) is 14.6. The number of ketones is 1. The molecule has 1 aliphatic carbocycles. The first kappa shape index (κ1) is 38.6. The molecule has 1 unspecified atom stereocenters. The van der Waals surface area contributed by atoms with Gasteiger partial charge in [0.2, 0.25) is 17.6 Å². The molecule has 6 amide bonds. The van der Waals surface area contributed by atoms with Crippen molar-refractivity contribution < 1.29 is 28.8 Å². The van der Waals surface area contributed by atoms with Crippen LogP contribution in [0.3, 0.4) is 0 Å². The van der Waals surface area contributed by atoms with Crippen molar-refractivity contribution in [3.8, 4) is 0 Å². The summed E-state index contributed by atoms with van der Waals surface area (Å²) in [7, 11) is 0. The summed E-state index contributed by atoms with van der Waals surface area (Å²) < 4.78 is 0. The van der Waals surface area contributed by atoms with Crippen LogP contribution in [-0.2, 0) is 25.7 Å². The molecule has 12 heteroatoms. The first-order chi connectivity index (χ1) is 23.2. The number of urea groups is 1. The third-order valence-electron chi connectivity index (χ3n) is 10.6. The average Bonchev–Trinajstić information content (AvgIpc) is 3.31. The van der Waals surface area contributed by atoms with Crippen molar-refractivity contribution in [3.05, 3.63) is 48.0 Å². The Bertz CT molecular complexity index is 1520. The Balaban J connectivity index is 1.51. The van der Waals surface area contributed by atoms with Gasteiger partial charge in [0, 0.05) is 31.7 Å². The quantitative estimate of drug-likeness (QED) is 0.183. The van der Waals surface area contributed by atoms with Crippen molar-refractivity contribution in [2.75, 3.05) is 19.6 Å². The summed E-state index contributed by atoms with van der Waals surface area (Å²) in [6, 6.07) is 3.59. The summed E-state index contributed by atoms with van der Waals surface area (Å²) in [4.78, 5) is 84.1. The summed E-state index contributed by atoms with van der Waals surface area (Å²) in [6.45, 7) is 22.2. The van der Waals surface area contributed by atoms with E-state index >= 15 is 0 Å². The van der Waals surface area contributed by atoms with E-state index in [1.54, 1.807) is 9.80 Å². The van der Waals surface area contributed by atoms with Gasteiger partial charge in [0.05, 0.1) is 12.1 Å². The highest BCUT2D eigenvalue weighted by Crippen LogP contribution is 2.65. The maximum Gasteiger partial charge on any atom is 0.315 e. The number of likely N-dealkylation sites (tertiary alicyclic amines) is 1. The number of Topliss-reactive ketones (excluding diaryl/α,β-unsaturated/α-hetero) is 1. The van der Waals surface area contributed by atoms with Gasteiger partial charge in [-0.2, -0.15) is 0 Å². The van der Waals surface area contributed by atoms with E-state index in [2.05, 4.69) is 41.7 Å². The molecule has 6 atom stereocenters. The van der Waals surface area contributed by atoms with Crippen LogP contribution in [0.1, 0.15) is 91.1 Å². The van der Waals surface area contributed by atoms with Gasteiger partial charge >= 0.3 is 6.03 Å². The van der Waals surface area contributed by atoms with Crippen molar-refractivity contribution >= 4 is 35.4 Å². The Hall–Kier alpha value is -4.22. The first-order valence-electron chi connectivity index (χ1n) is 17.7. The molecule has 2 heterocycles. The number of nitrogens with one attached hydrogen (secondary N) is 4. The molecule has 4 rings (SSSR count). The summed E-state index contributed by atoms with van der Waals surface area (Å²) in [6.07, 6.45) is 2.28. The molecule has 0 bridgehead atoms. The molecule has 50 heavy (non-hydrogen) atoms. The lowest BCUT2D eigenvalue weighted by Crippen LogP contribution is -2.62. The molecule has 1 aromatic carbocycles. The fourth-order valence-electron chi connectivity index (χ4n) is 7.40. The number of benzene rings is 1. The molecule has 1 aromatic rings. The van der Waals surface area contributed by atoms with E-state index in [1.165, 1.54) is 6.08 Å². The number of rotatable bonds is 13. The van der Waals surface area contributed by atoms with Crippen LogP contribution in [0.15, 0.2) is 36.9 Å². The standard InChI is InChI=1S/C38H56N6O6/c1-11-15-25(29(45)32(47)39-18-12-2)40-31(46)28-27-24(38(27,9)10)20-44(28)34(49)30(37(6,7)8)42-35(50)41-26(36(3,4)5)21-43-19-22-16-13-14-17-23(22)33(43)48/h12-14,16-17,24-28,30H,2,11,15,18-21H2,1,3-10H3,(H,39,47)(H,40,46)(H2,41,42,50)/t24-,25?,26-,27-,28-,30+/m0/s1. The zero-order chi connectivity index (χ0) is 37.3. The van der Waals surface area contributed by atoms with E-state index in [1.807, 2.05) is 72.7 Å². The van der Waals surface area contributed by atoms with Crippen LogP contribution >= 0.6 is 0 Å². The Labute approximate surface area is 296 Å². The summed E-state index contributed by atoms with van der Waals surface area (Å²) >= 11 is 0. The Kier molecular flexibility index (Phi) is 11.2. The highest BCUT2D eigenvalue weighted by Gasteiger charge is 2.70. The van der Waals surface area contributed by atoms with Crippen LogP contribution in [0.2, 0.25) is 0 Å². The van der Waals surface area contributed by atoms with Crippen molar-refractivity contribution in [2.24, 2.45) is 28.1 Å². The minimum Gasteiger partial charge on any atom is -0.346 e. The SMILES string of the molecule is C=CCNC(=O)C(=O)C(CCC)NC(=O)[C@@H]1[C@@H]2[C@H](CN1C(=O)[C@@H](NC(=O)N[C@@H](CN1Cc3ccccc3C1=O)C(C)(C)C)C(C)(C)C)C2(C)C. The van der Waals surface area contributed by atoms with Crippen LogP contribution in [0.4, 0.5) is 4.79 Å². The van der Waals surface area contributed by atoms with Gasteiger partial charge < -0.3 is 31.1 Å². The second-order valence-corrected chi connectivity index (χ2v) is 16.8. The summed E-state index contributed by atoms with van der Waals surface area (Å²) in [5, 5.41) is 11.3. The zero-order valence-electron chi connectivity index (χ0n) is 31.1. The largest absolute Gasteiger partial charge is 0.346 e. The second-order valence-electron chi connectivity index (χ2n) is 16.8. The number of carbonyl (C=O) groups is 6. The van der Waals surface area contributed by atoms with Crippen LogP contribution in [0.5, 0.6) is 0 Å². The molecular weight excluding hydrogens is 636 g/mol. The molecule has 4 N–H and O–H groups in total. The topological polar surface area (TPSA) is 157 Å². The van der Waals surface area contributed by atoms with Crippen LogP contribution in [0.25, 0.3) is 0 Å². The first-order valence-corrected chi connectivity index (χ1v) is 17.7. The molecule has 2 aliphatic heterocycles. The van der Waals surface area contributed by atoms with Crippen molar-refractivity contribution in [2.45, 2.75) is 106 Å². The van der Waals surface area contributed by atoms with Gasteiger partial charge in [0.1, 0.15) is 12.1 Å². The molecule has 274 valence electrons. The molecule has 3 aliphatic rings. The predicted octanol–water partition coefficient (Wildman–Crippen LogP) is 3.41. The van der Waals surface area contributed by atoms with Gasteiger partial charge in [-0.05, 0) is 46.1 Å². The smallest absolute Gasteiger partial charge is 0.315 e. The lowest BCUT2D eigenvalue weighted by atomic mass is 9.85. The number of carbonyl (C=O) groups excluding carboxylic acids is 6. The fourth-order valence-corrected chi connectivity index (χ4v) is 7.40. The number of nitrogens with zero attached hydrogens (tertiary/aromatic N) is 2. The van der Waals surface area contributed by atoms with E-state index < -0.39 is 64.5 Å². The van der Waals surface area contributed by atoms with Crippen LogP contribution in [-0.4, -0.2) is 89.0 Å². The number of hydrogen-bond acceptors (Lipinski definition) is 6. The zero-order valence-corrected chi connectivity index (χ0v) is 31.1. The lowest BCUT2D eigenvalue weighted by molar-refractivity contribution is -0.145. The predicted molar refractivity (Wildman–Crippen MR) is 191 cm³/mol. The van der Waals surface area contributed by atoms with Gasteiger partial charge in [-0.25, -0.2) is 4.79 Å². The number of fused-ring (bicyclic) bond motifs is 2. The summed E-state index contributed by atoms with van der Waals surface area (Å²) in [5.74, 6) is -2.58. The third kappa shape index (κ3) is 8.05. The van der Waals surface area contributed by atoms with E-state index in [9.17, 15) is 28.8 Å². The molecular formula is C38H56N6O6. The minimum absolute atomic E-state index is 0.0697. The minimum atomic E-state index is -1.04. The molecule has 0 spiro atoms. The lowest BCUT2D eigenvalue weighted by Gasteiger charge is -2.39. The Morgan fingerprint density at radius 3 is 2.24 bits per heavy atom. The van der Waals surface area contributed by atoms with Crippen molar-refractivity contribution in [3.63, 3.8) is 0 Å². The van der Waals surface area contributed by atoms with E-state index in [4.69, 9.17) is 0 Å². The molecule has 2 fully saturated rings. The van der Waals surface area contributed by atoms with Crippen LogP contribution in [0, 0.1) is 28.1 Å².